The Hall–Kier alpha value is -3.03. The predicted molar refractivity (Wildman–Crippen MR) is 121 cm³/mol. The fourth-order valence-electron chi connectivity index (χ4n) is 3.33. The number of anilines is 2. The summed E-state index contributed by atoms with van der Waals surface area (Å²) in [6.45, 7) is 2.18. The number of benzene rings is 3. The molecular weight excluding hydrogens is 436 g/mol. The average molecular weight is 457 g/mol. The van der Waals surface area contributed by atoms with Crippen LogP contribution in [0.2, 0.25) is 5.02 Å². The van der Waals surface area contributed by atoms with Crippen LogP contribution in [0.25, 0.3) is 0 Å². The van der Waals surface area contributed by atoms with E-state index in [9.17, 15) is 13.2 Å². The topological polar surface area (TPSA) is 84.5 Å². The highest BCUT2D eigenvalue weighted by Gasteiger charge is 2.26. The average Bonchev–Trinajstić information content (AvgIpc) is 2.74. The van der Waals surface area contributed by atoms with E-state index in [1.54, 1.807) is 54.6 Å². The number of aryl methyl sites for hydroxylation is 1. The third-order valence-electron chi connectivity index (χ3n) is 5.04. The SMILES string of the molecule is Cc1ccc(S(=O)(=O)Nc2ccc(NC(=O)C3COc4ccc(Cl)cc4C3)cc2)cc1. The first-order valence-corrected chi connectivity index (χ1v) is 11.6. The van der Waals surface area contributed by atoms with Gasteiger partial charge >= 0.3 is 0 Å². The molecule has 6 nitrogen and oxygen atoms in total. The molecule has 0 bridgehead atoms. The molecule has 160 valence electrons. The molecule has 0 saturated carbocycles. The molecule has 0 spiro atoms. The summed E-state index contributed by atoms with van der Waals surface area (Å²) in [5, 5.41) is 3.46. The number of fused-ring (bicyclic) bond motifs is 1. The van der Waals surface area contributed by atoms with Gasteiger partial charge in [0.1, 0.15) is 12.4 Å². The van der Waals surface area contributed by atoms with Crippen molar-refractivity contribution in [2.24, 2.45) is 5.92 Å². The van der Waals surface area contributed by atoms with E-state index in [1.165, 1.54) is 0 Å². The van der Waals surface area contributed by atoms with Crippen molar-refractivity contribution in [1.29, 1.82) is 0 Å². The van der Waals surface area contributed by atoms with E-state index in [4.69, 9.17) is 16.3 Å². The van der Waals surface area contributed by atoms with Gasteiger partial charge in [-0.15, -0.1) is 0 Å². The van der Waals surface area contributed by atoms with E-state index in [0.29, 0.717) is 22.8 Å². The maximum Gasteiger partial charge on any atom is 0.261 e. The van der Waals surface area contributed by atoms with E-state index < -0.39 is 10.0 Å². The van der Waals surface area contributed by atoms with Crippen molar-refractivity contribution in [3.05, 3.63) is 82.9 Å². The van der Waals surface area contributed by atoms with Crippen molar-refractivity contribution in [3.8, 4) is 5.75 Å². The molecule has 3 aromatic carbocycles. The molecule has 0 saturated heterocycles. The number of hydrogen-bond acceptors (Lipinski definition) is 4. The Labute approximate surface area is 186 Å². The largest absolute Gasteiger partial charge is 0.492 e. The molecule has 31 heavy (non-hydrogen) atoms. The van der Waals surface area contributed by atoms with Crippen molar-refractivity contribution in [2.45, 2.75) is 18.2 Å². The summed E-state index contributed by atoms with van der Waals surface area (Å²) in [4.78, 5) is 12.8. The number of nitrogens with one attached hydrogen (secondary N) is 2. The Balaban J connectivity index is 1.39. The predicted octanol–water partition coefficient (Wildman–Crippen LogP) is 4.64. The van der Waals surface area contributed by atoms with Gasteiger partial charge in [0.25, 0.3) is 10.0 Å². The van der Waals surface area contributed by atoms with Crippen molar-refractivity contribution in [2.75, 3.05) is 16.6 Å². The molecule has 1 aliphatic heterocycles. The summed E-state index contributed by atoms with van der Waals surface area (Å²) in [6, 6.07) is 18.5. The second kappa shape index (κ2) is 8.61. The van der Waals surface area contributed by atoms with Crippen LogP contribution in [-0.4, -0.2) is 20.9 Å². The van der Waals surface area contributed by atoms with Gasteiger partial charge in [0, 0.05) is 16.4 Å². The maximum absolute atomic E-state index is 12.7. The molecule has 1 heterocycles. The van der Waals surface area contributed by atoms with Gasteiger partial charge in [0.15, 0.2) is 0 Å². The number of carbonyl (C=O) groups is 1. The zero-order valence-corrected chi connectivity index (χ0v) is 18.3. The summed E-state index contributed by atoms with van der Waals surface area (Å²) in [5.74, 6) is 0.239. The molecule has 1 aliphatic rings. The number of rotatable bonds is 5. The highest BCUT2D eigenvalue weighted by molar-refractivity contribution is 7.92. The molecule has 4 rings (SSSR count). The zero-order valence-electron chi connectivity index (χ0n) is 16.8. The lowest BCUT2D eigenvalue weighted by molar-refractivity contribution is -0.121. The summed E-state index contributed by atoms with van der Waals surface area (Å²) in [5.41, 5.74) is 2.86. The van der Waals surface area contributed by atoms with Gasteiger partial charge in [0.2, 0.25) is 5.91 Å². The fraction of sp³-hybridized carbons (Fsp3) is 0.174. The van der Waals surface area contributed by atoms with E-state index in [-0.39, 0.29) is 23.3 Å². The van der Waals surface area contributed by atoms with Crippen LogP contribution < -0.4 is 14.8 Å². The summed E-state index contributed by atoms with van der Waals surface area (Å²) in [6.07, 6.45) is 0.538. The molecule has 3 aromatic rings. The third-order valence-corrected chi connectivity index (χ3v) is 6.67. The number of halogens is 1. The smallest absolute Gasteiger partial charge is 0.261 e. The highest BCUT2D eigenvalue weighted by Crippen LogP contribution is 2.30. The first-order chi connectivity index (χ1) is 14.8. The van der Waals surface area contributed by atoms with Crippen molar-refractivity contribution >= 4 is 38.9 Å². The zero-order chi connectivity index (χ0) is 22.0. The molecule has 0 radical (unpaired) electrons. The first kappa shape index (κ1) is 21.2. The molecule has 1 unspecified atom stereocenters. The first-order valence-electron chi connectivity index (χ1n) is 9.72. The van der Waals surface area contributed by atoms with Gasteiger partial charge in [-0.1, -0.05) is 29.3 Å². The number of ether oxygens (including phenoxy) is 1. The highest BCUT2D eigenvalue weighted by atomic mass is 35.5. The van der Waals surface area contributed by atoms with Crippen LogP contribution in [0.5, 0.6) is 5.75 Å². The van der Waals surface area contributed by atoms with Crippen molar-refractivity contribution < 1.29 is 17.9 Å². The number of carbonyl (C=O) groups excluding carboxylic acids is 1. The minimum Gasteiger partial charge on any atom is -0.492 e. The number of hydrogen-bond donors (Lipinski definition) is 2. The summed E-state index contributed by atoms with van der Waals surface area (Å²) >= 11 is 6.04. The molecule has 8 heteroatoms. The van der Waals surface area contributed by atoms with Gasteiger partial charge in [0.05, 0.1) is 10.8 Å². The molecule has 1 atom stereocenters. The van der Waals surface area contributed by atoms with Gasteiger partial charge in [-0.25, -0.2) is 8.42 Å². The normalized spacial score (nSPS) is 15.5. The Kier molecular flexibility index (Phi) is 5.89. The minimum atomic E-state index is -3.68. The van der Waals surface area contributed by atoms with Crippen LogP contribution in [0.15, 0.2) is 71.6 Å². The fourth-order valence-corrected chi connectivity index (χ4v) is 4.58. The van der Waals surface area contributed by atoms with Crippen LogP contribution in [0.4, 0.5) is 11.4 Å². The molecule has 0 fully saturated rings. The Bertz CT molecular complexity index is 1210. The lowest BCUT2D eigenvalue weighted by Gasteiger charge is -2.24. The van der Waals surface area contributed by atoms with Gasteiger partial charge < -0.3 is 10.1 Å². The number of sulfonamides is 1. The van der Waals surface area contributed by atoms with Crippen LogP contribution in [0, 0.1) is 12.8 Å². The maximum atomic E-state index is 12.7. The van der Waals surface area contributed by atoms with Gasteiger partial charge in [-0.2, -0.15) is 0 Å². The van der Waals surface area contributed by atoms with Gasteiger partial charge in [-0.05, 0) is 73.5 Å². The Morgan fingerprint density at radius 3 is 2.39 bits per heavy atom. The lowest BCUT2D eigenvalue weighted by Crippen LogP contribution is -2.32. The molecule has 0 aliphatic carbocycles. The number of amides is 1. The molecule has 2 N–H and O–H groups in total. The van der Waals surface area contributed by atoms with E-state index in [2.05, 4.69) is 10.0 Å². The van der Waals surface area contributed by atoms with Crippen LogP contribution in [0.3, 0.4) is 0 Å². The molecule has 1 amide bonds. The summed E-state index contributed by atoms with van der Waals surface area (Å²) in [7, 11) is -3.68. The monoisotopic (exact) mass is 456 g/mol. The van der Waals surface area contributed by atoms with Crippen molar-refractivity contribution in [1.82, 2.24) is 0 Å². The molecule has 0 aromatic heterocycles. The van der Waals surface area contributed by atoms with Crippen LogP contribution in [-0.2, 0) is 21.2 Å². The molecular formula is C23H21ClN2O4S. The standard InChI is InChI=1S/C23H21ClN2O4S/c1-15-2-9-21(10-3-15)31(28,29)26-20-7-5-19(6-8-20)25-23(27)17-12-16-13-18(24)4-11-22(16)30-14-17/h2-11,13,17,26H,12,14H2,1H3,(H,25,27). The second-order valence-corrected chi connectivity index (χ2v) is 9.57. The van der Waals surface area contributed by atoms with Crippen molar-refractivity contribution in [3.63, 3.8) is 0 Å². The van der Waals surface area contributed by atoms with Crippen LogP contribution >= 0.6 is 11.6 Å². The van der Waals surface area contributed by atoms with E-state index >= 15 is 0 Å². The van der Waals surface area contributed by atoms with E-state index in [0.717, 1.165) is 16.9 Å². The quantitative estimate of drug-likeness (QED) is 0.585. The second-order valence-electron chi connectivity index (χ2n) is 7.45. The Morgan fingerprint density at radius 1 is 1.00 bits per heavy atom. The van der Waals surface area contributed by atoms with Crippen LogP contribution in [0.1, 0.15) is 11.1 Å². The van der Waals surface area contributed by atoms with E-state index in [1.807, 2.05) is 19.1 Å². The third kappa shape index (κ3) is 5.00. The van der Waals surface area contributed by atoms with Gasteiger partial charge in [-0.3, -0.25) is 9.52 Å². The minimum absolute atomic E-state index is 0.168. The Morgan fingerprint density at radius 2 is 1.68 bits per heavy atom. The lowest BCUT2D eigenvalue weighted by atomic mass is 9.96. The summed E-state index contributed by atoms with van der Waals surface area (Å²) < 4.78 is 33.2.